The van der Waals surface area contributed by atoms with E-state index in [4.69, 9.17) is 34.8 Å². The van der Waals surface area contributed by atoms with E-state index >= 15 is 0 Å². The molecular formula is C8H9Cl3O. The Hall–Kier alpha value is 0.0200. The second-order valence-corrected chi connectivity index (χ2v) is 3.51. The van der Waals surface area contributed by atoms with Crippen LogP contribution in [0, 0.1) is 0 Å². The molecule has 0 heterocycles. The Kier molecular flexibility index (Phi) is 6.54. The average Bonchev–Trinajstić information content (AvgIpc) is 2.00. The Morgan fingerprint density at radius 2 is 1.83 bits per heavy atom. The number of carbonyl (C=O) groups excluding carboxylic acids is 1. The van der Waals surface area contributed by atoms with Crippen LogP contribution in [-0.2, 0) is 4.79 Å². The Morgan fingerprint density at radius 1 is 1.25 bits per heavy atom. The van der Waals surface area contributed by atoms with E-state index in [0.717, 1.165) is 6.42 Å². The first-order valence-corrected chi connectivity index (χ1v) is 4.63. The van der Waals surface area contributed by atoms with E-state index in [9.17, 15) is 4.79 Å². The number of carbonyl (C=O) groups is 1. The van der Waals surface area contributed by atoms with Crippen molar-refractivity contribution in [2.75, 3.05) is 0 Å². The van der Waals surface area contributed by atoms with Gasteiger partial charge in [-0.2, -0.15) is 0 Å². The summed E-state index contributed by atoms with van der Waals surface area (Å²) in [7, 11) is 0. The summed E-state index contributed by atoms with van der Waals surface area (Å²) >= 11 is 16.2. The van der Waals surface area contributed by atoms with Crippen LogP contribution in [0.15, 0.2) is 21.7 Å². The molecule has 0 spiro atoms. The summed E-state index contributed by atoms with van der Waals surface area (Å²) in [5.41, 5.74) is 0. The van der Waals surface area contributed by atoms with Crippen molar-refractivity contribution >= 4 is 40.6 Å². The van der Waals surface area contributed by atoms with Gasteiger partial charge in [0.05, 0.1) is 5.03 Å². The molecule has 0 saturated carbocycles. The van der Waals surface area contributed by atoms with Gasteiger partial charge in [0.15, 0.2) is 5.78 Å². The van der Waals surface area contributed by atoms with Crippen molar-refractivity contribution in [3.05, 3.63) is 21.7 Å². The van der Waals surface area contributed by atoms with Gasteiger partial charge in [-0.25, -0.2) is 0 Å². The molecule has 0 bridgehead atoms. The van der Waals surface area contributed by atoms with E-state index in [0.29, 0.717) is 6.42 Å². The summed E-state index contributed by atoms with van der Waals surface area (Å²) in [4.78, 5) is 10.9. The standard InChI is InChI=1S/C8H9Cl3O/c1-2-3-6(12)4-5-7(9)8(10)11/h4-5H,2-3H2,1H3/b5-4+. The summed E-state index contributed by atoms with van der Waals surface area (Å²) in [6, 6.07) is 0. The summed E-state index contributed by atoms with van der Waals surface area (Å²) in [6.07, 6.45) is 4.10. The van der Waals surface area contributed by atoms with Crippen molar-refractivity contribution in [1.29, 1.82) is 0 Å². The van der Waals surface area contributed by atoms with E-state index in [1.807, 2.05) is 6.92 Å². The first-order valence-electron chi connectivity index (χ1n) is 3.49. The molecule has 0 aliphatic heterocycles. The molecule has 0 radical (unpaired) electrons. The van der Waals surface area contributed by atoms with Crippen molar-refractivity contribution in [2.24, 2.45) is 0 Å². The molecule has 0 aromatic carbocycles. The molecule has 1 nitrogen and oxygen atoms in total. The van der Waals surface area contributed by atoms with Gasteiger partial charge in [-0.15, -0.1) is 0 Å². The van der Waals surface area contributed by atoms with Gasteiger partial charge >= 0.3 is 0 Å². The van der Waals surface area contributed by atoms with Crippen molar-refractivity contribution in [3.8, 4) is 0 Å². The molecule has 0 fully saturated rings. The van der Waals surface area contributed by atoms with Gasteiger partial charge < -0.3 is 0 Å². The number of halogens is 3. The van der Waals surface area contributed by atoms with Crippen LogP contribution in [0.5, 0.6) is 0 Å². The van der Waals surface area contributed by atoms with Gasteiger partial charge in [-0.3, -0.25) is 4.79 Å². The van der Waals surface area contributed by atoms with Crippen molar-refractivity contribution < 1.29 is 4.79 Å². The third-order valence-corrected chi connectivity index (χ3v) is 2.01. The van der Waals surface area contributed by atoms with Crippen molar-refractivity contribution in [1.82, 2.24) is 0 Å². The molecule has 0 aliphatic carbocycles. The van der Waals surface area contributed by atoms with E-state index < -0.39 is 0 Å². The molecular weight excluding hydrogens is 218 g/mol. The highest BCUT2D eigenvalue weighted by Gasteiger charge is 1.96. The van der Waals surface area contributed by atoms with Gasteiger partial charge in [0.2, 0.25) is 0 Å². The van der Waals surface area contributed by atoms with E-state index in [1.165, 1.54) is 12.2 Å². The van der Waals surface area contributed by atoms with E-state index in [2.05, 4.69) is 0 Å². The number of rotatable bonds is 4. The quantitative estimate of drug-likeness (QED) is 0.527. The average molecular weight is 228 g/mol. The van der Waals surface area contributed by atoms with E-state index in [-0.39, 0.29) is 15.3 Å². The number of hydrogen-bond acceptors (Lipinski definition) is 1. The second kappa shape index (κ2) is 6.53. The van der Waals surface area contributed by atoms with Crippen molar-refractivity contribution in [2.45, 2.75) is 19.8 Å². The SMILES string of the molecule is CCCC(=O)/C=C/C(Cl)=C(Cl)Cl. The summed E-state index contributed by atoms with van der Waals surface area (Å²) in [6.45, 7) is 1.93. The fourth-order valence-corrected chi connectivity index (χ4v) is 0.748. The lowest BCUT2D eigenvalue weighted by molar-refractivity contribution is -0.114. The smallest absolute Gasteiger partial charge is 0.155 e. The van der Waals surface area contributed by atoms with Crippen LogP contribution in [-0.4, -0.2) is 5.78 Å². The monoisotopic (exact) mass is 226 g/mol. The van der Waals surface area contributed by atoms with Gasteiger partial charge in [-0.05, 0) is 18.6 Å². The minimum absolute atomic E-state index is 0.0187. The number of hydrogen-bond donors (Lipinski definition) is 0. The Labute approximate surface area is 87.0 Å². The predicted octanol–water partition coefficient (Wildman–Crippen LogP) is 3.80. The fraction of sp³-hybridized carbons (Fsp3) is 0.375. The highest BCUT2D eigenvalue weighted by molar-refractivity contribution is 6.59. The van der Waals surface area contributed by atoms with Crippen LogP contribution < -0.4 is 0 Å². The second-order valence-electron chi connectivity index (χ2n) is 2.16. The molecule has 12 heavy (non-hydrogen) atoms. The van der Waals surface area contributed by atoms with Crippen LogP contribution in [0.3, 0.4) is 0 Å². The summed E-state index contributed by atoms with van der Waals surface area (Å²) in [5, 5.41) is 0.183. The van der Waals surface area contributed by atoms with Gasteiger partial charge in [-0.1, -0.05) is 41.7 Å². The van der Waals surface area contributed by atoms with Crippen LogP contribution >= 0.6 is 34.8 Å². The number of ketones is 1. The molecule has 0 atom stereocenters. The molecule has 68 valence electrons. The molecule has 0 aromatic heterocycles. The zero-order valence-electron chi connectivity index (χ0n) is 6.61. The maximum Gasteiger partial charge on any atom is 0.155 e. The van der Waals surface area contributed by atoms with Crippen LogP contribution in [0.1, 0.15) is 19.8 Å². The Bertz CT molecular complexity index is 214. The molecule has 0 N–H and O–H groups in total. The van der Waals surface area contributed by atoms with Crippen LogP contribution in [0.2, 0.25) is 0 Å². The number of allylic oxidation sites excluding steroid dienone is 3. The summed E-state index contributed by atoms with van der Waals surface area (Å²) in [5.74, 6) is 0.0187. The maximum absolute atomic E-state index is 10.9. The lowest BCUT2D eigenvalue weighted by Gasteiger charge is -1.89. The largest absolute Gasteiger partial charge is 0.295 e. The van der Waals surface area contributed by atoms with Crippen LogP contribution in [0.4, 0.5) is 0 Å². The third kappa shape index (κ3) is 5.64. The van der Waals surface area contributed by atoms with Gasteiger partial charge in [0.1, 0.15) is 4.49 Å². The Morgan fingerprint density at radius 3 is 2.25 bits per heavy atom. The molecule has 0 unspecified atom stereocenters. The highest BCUT2D eigenvalue weighted by Crippen LogP contribution is 2.18. The molecule has 0 amide bonds. The van der Waals surface area contributed by atoms with Crippen LogP contribution in [0.25, 0.3) is 0 Å². The molecule has 0 rings (SSSR count). The normalized spacial score (nSPS) is 10.3. The van der Waals surface area contributed by atoms with Crippen molar-refractivity contribution in [3.63, 3.8) is 0 Å². The van der Waals surface area contributed by atoms with Gasteiger partial charge in [0.25, 0.3) is 0 Å². The minimum atomic E-state index is -0.0304. The fourth-order valence-electron chi connectivity index (χ4n) is 0.559. The molecule has 4 heteroatoms. The topological polar surface area (TPSA) is 17.1 Å². The first-order chi connectivity index (χ1) is 5.57. The third-order valence-electron chi connectivity index (χ3n) is 1.09. The zero-order valence-corrected chi connectivity index (χ0v) is 8.88. The molecule has 0 saturated heterocycles. The summed E-state index contributed by atoms with van der Waals surface area (Å²) < 4.78 is -0.0304. The molecule has 0 aromatic rings. The Balaban J connectivity index is 4.08. The lowest BCUT2D eigenvalue weighted by Crippen LogP contribution is -1.89. The predicted molar refractivity (Wildman–Crippen MR) is 53.6 cm³/mol. The zero-order chi connectivity index (χ0) is 9.56. The molecule has 0 aliphatic rings. The van der Waals surface area contributed by atoms with E-state index in [1.54, 1.807) is 0 Å². The minimum Gasteiger partial charge on any atom is -0.295 e. The highest BCUT2D eigenvalue weighted by atomic mass is 35.5. The lowest BCUT2D eigenvalue weighted by atomic mass is 10.2. The van der Waals surface area contributed by atoms with Gasteiger partial charge in [0, 0.05) is 6.42 Å². The first kappa shape index (κ1) is 12.0. The maximum atomic E-state index is 10.9.